The van der Waals surface area contributed by atoms with E-state index >= 15 is 0 Å². The normalized spacial score (nSPS) is 34.4. The molecule has 18 heavy (non-hydrogen) atoms. The smallest absolute Gasteiger partial charge is 0.0764 e. The highest BCUT2D eigenvalue weighted by atomic mass is 16.5. The summed E-state index contributed by atoms with van der Waals surface area (Å²) >= 11 is 0. The van der Waals surface area contributed by atoms with Gasteiger partial charge in [-0.25, -0.2) is 0 Å². The Morgan fingerprint density at radius 2 is 2.33 bits per heavy atom. The third-order valence-electron chi connectivity index (χ3n) is 4.44. The van der Waals surface area contributed by atoms with E-state index in [0.29, 0.717) is 6.10 Å². The first kappa shape index (κ1) is 12.2. The second kappa shape index (κ2) is 4.35. The summed E-state index contributed by atoms with van der Waals surface area (Å²) in [4.78, 5) is 0. The number of aryl methyl sites for hydroxylation is 2. The molecule has 0 saturated carbocycles. The fraction of sp³-hybridized carbons (Fsp3) is 0.786. The summed E-state index contributed by atoms with van der Waals surface area (Å²) in [5.74, 6) is 0. The molecule has 2 fully saturated rings. The van der Waals surface area contributed by atoms with E-state index in [1.165, 1.54) is 17.8 Å². The van der Waals surface area contributed by atoms with Gasteiger partial charge in [0.25, 0.3) is 0 Å². The Morgan fingerprint density at radius 3 is 2.89 bits per heavy atom. The van der Waals surface area contributed by atoms with Crippen LogP contribution < -0.4 is 5.73 Å². The average molecular weight is 249 g/mol. The van der Waals surface area contributed by atoms with Crippen molar-refractivity contribution in [2.45, 2.75) is 70.2 Å². The highest BCUT2D eigenvalue weighted by Crippen LogP contribution is 2.41. The van der Waals surface area contributed by atoms with Crippen LogP contribution in [0.4, 0.5) is 0 Å². The molecular weight excluding hydrogens is 226 g/mol. The van der Waals surface area contributed by atoms with Gasteiger partial charge in [-0.05, 0) is 38.7 Å². The number of nitrogens with zero attached hydrogens (tertiary/aromatic N) is 2. The predicted octanol–water partition coefficient (Wildman–Crippen LogP) is 1.66. The zero-order valence-electron chi connectivity index (χ0n) is 11.4. The Kier molecular flexibility index (Phi) is 2.94. The van der Waals surface area contributed by atoms with E-state index in [-0.39, 0.29) is 11.6 Å². The van der Waals surface area contributed by atoms with Crippen LogP contribution in [0.25, 0.3) is 0 Å². The second-order valence-electron chi connectivity index (χ2n) is 5.73. The highest BCUT2D eigenvalue weighted by Gasteiger charge is 2.50. The monoisotopic (exact) mass is 249 g/mol. The Labute approximate surface area is 108 Å². The van der Waals surface area contributed by atoms with Gasteiger partial charge in [0.05, 0.1) is 23.4 Å². The van der Waals surface area contributed by atoms with Gasteiger partial charge >= 0.3 is 0 Å². The summed E-state index contributed by atoms with van der Waals surface area (Å²) in [6.45, 7) is 5.20. The molecule has 1 aromatic heterocycles. The van der Waals surface area contributed by atoms with Crippen LogP contribution in [-0.4, -0.2) is 27.5 Å². The van der Waals surface area contributed by atoms with Crippen molar-refractivity contribution in [1.82, 2.24) is 9.78 Å². The maximum Gasteiger partial charge on any atom is 0.0764 e. The largest absolute Gasteiger partial charge is 0.373 e. The van der Waals surface area contributed by atoms with Gasteiger partial charge in [0.15, 0.2) is 0 Å². The van der Waals surface area contributed by atoms with Crippen LogP contribution in [0.5, 0.6) is 0 Å². The lowest BCUT2D eigenvalue weighted by molar-refractivity contribution is 0.0852. The van der Waals surface area contributed by atoms with Crippen LogP contribution in [0.2, 0.25) is 0 Å². The summed E-state index contributed by atoms with van der Waals surface area (Å²) in [6, 6.07) is 2.21. The summed E-state index contributed by atoms with van der Waals surface area (Å²) < 4.78 is 8.01. The number of fused-ring (bicyclic) bond motifs is 2. The van der Waals surface area contributed by atoms with E-state index in [4.69, 9.17) is 10.5 Å². The average Bonchev–Trinajstić information content (AvgIpc) is 3.02. The lowest BCUT2D eigenvalue weighted by Gasteiger charge is -2.31. The molecule has 0 aromatic carbocycles. The SMILES string of the molecule is CCc1cc(CC2(N)CC3CCC2O3)n(CC)n1. The number of rotatable bonds is 4. The van der Waals surface area contributed by atoms with Gasteiger partial charge in [-0.15, -0.1) is 0 Å². The van der Waals surface area contributed by atoms with Crippen molar-refractivity contribution in [2.75, 3.05) is 0 Å². The molecule has 3 rings (SSSR count). The summed E-state index contributed by atoms with van der Waals surface area (Å²) in [5.41, 5.74) is 8.86. The molecule has 2 aliphatic heterocycles. The second-order valence-corrected chi connectivity index (χ2v) is 5.73. The number of aromatic nitrogens is 2. The maximum atomic E-state index is 6.58. The molecule has 4 heteroatoms. The quantitative estimate of drug-likeness (QED) is 0.883. The minimum Gasteiger partial charge on any atom is -0.373 e. The zero-order chi connectivity index (χ0) is 12.8. The Hall–Kier alpha value is -0.870. The van der Waals surface area contributed by atoms with Gasteiger partial charge in [0.2, 0.25) is 0 Å². The van der Waals surface area contributed by atoms with Crippen molar-refractivity contribution >= 4 is 0 Å². The number of nitrogens with two attached hydrogens (primary N) is 1. The number of hydrogen-bond acceptors (Lipinski definition) is 3. The first-order valence-corrected chi connectivity index (χ1v) is 7.14. The van der Waals surface area contributed by atoms with Gasteiger partial charge in [0.1, 0.15) is 0 Å². The van der Waals surface area contributed by atoms with Crippen LogP contribution in [0.1, 0.15) is 44.5 Å². The summed E-state index contributed by atoms with van der Waals surface area (Å²) in [5, 5.41) is 4.60. The molecule has 2 bridgehead atoms. The molecule has 3 heterocycles. The fourth-order valence-electron chi connectivity index (χ4n) is 3.46. The van der Waals surface area contributed by atoms with E-state index in [1.54, 1.807) is 0 Å². The van der Waals surface area contributed by atoms with Crippen LogP contribution in [0.15, 0.2) is 6.07 Å². The third-order valence-corrected chi connectivity index (χ3v) is 4.44. The topological polar surface area (TPSA) is 53.1 Å². The van der Waals surface area contributed by atoms with Gasteiger partial charge in [-0.2, -0.15) is 5.10 Å². The molecule has 3 atom stereocenters. The van der Waals surface area contributed by atoms with E-state index in [2.05, 4.69) is 29.7 Å². The fourth-order valence-corrected chi connectivity index (χ4v) is 3.46. The molecule has 1 aromatic rings. The predicted molar refractivity (Wildman–Crippen MR) is 70.4 cm³/mol. The van der Waals surface area contributed by atoms with Crippen molar-refractivity contribution in [3.8, 4) is 0 Å². The Morgan fingerprint density at radius 1 is 1.50 bits per heavy atom. The number of hydrogen-bond donors (Lipinski definition) is 1. The van der Waals surface area contributed by atoms with Crippen molar-refractivity contribution in [3.63, 3.8) is 0 Å². The summed E-state index contributed by atoms with van der Waals surface area (Å²) in [6.07, 6.45) is 5.87. The van der Waals surface area contributed by atoms with Crippen molar-refractivity contribution in [3.05, 3.63) is 17.5 Å². The third kappa shape index (κ3) is 1.88. The molecule has 3 unspecified atom stereocenters. The lowest BCUT2D eigenvalue weighted by atomic mass is 9.79. The first-order chi connectivity index (χ1) is 8.64. The minimum absolute atomic E-state index is 0.166. The summed E-state index contributed by atoms with van der Waals surface area (Å²) in [7, 11) is 0. The standard InChI is InChI=1S/C14H23N3O/c1-3-10-7-11(17(4-2)16-10)8-14(15)9-12-5-6-13(14)18-12/h7,12-13H,3-6,8-9,15H2,1-2H3. The lowest BCUT2D eigenvalue weighted by Crippen LogP contribution is -2.50. The van der Waals surface area contributed by atoms with Crippen molar-refractivity contribution in [2.24, 2.45) is 5.73 Å². The molecule has 0 amide bonds. The minimum atomic E-state index is -0.166. The van der Waals surface area contributed by atoms with E-state index < -0.39 is 0 Å². The van der Waals surface area contributed by atoms with Gasteiger partial charge in [-0.1, -0.05) is 6.92 Å². The van der Waals surface area contributed by atoms with E-state index in [1.807, 2.05) is 0 Å². The zero-order valence-corrected chi connectivity index (χ0v) is 11.4. The Bertz CT molecular complexity index is 442. The van der Waals surface area contributed by atoms with Crippen molar-refractivity contribution < 1.29 is 4.74 Å². The molecule has 100 valence electrons. The molecule has 2 saturated heterocycles. The first-order valence-electron chi connectivity index (χ1n) is 7.14. The highest BCUT2D eigenvalue weighted by molar-refractivity contribution is 5.17. The molecule has 0 aliphatic carbocycles. The molecule has 0 radical (unpaired) electrons. The van der Waals surface area contributed by atoms with Crippen LogP contribution in [0.3, 0.4) is 0 Å². The molecule has 0 spiro atoms. The van der Waals surface area contributed by atoms with Crippen LogP contribution >= 0.6 is 0 Å². The Balaban J connectivity index is 1.81. The van der Waals surface area contributed by atoms with E-state index in [0.717, 1.165) is 32.2 Å². The van der Waals surface area contributed by atoms with Gasteiger partial charge in [-0.3, -0.25) is 4.68 Å². The molecule has 2 aliphatic rings. The van der Waals surface area contributed by atoms with Crippen LogP contribution in [-0.2, 0) is 24.1 Å². The van der Waals surface area contributed by atoms with E-state index in [9.17, 15) is 0 Å². The van der Waals surface area contributed by atoms with Crippen LogP contribution in [0, 0.1) is 0 Å². The van der Waals surface area contributed by atoms with Crippen molar-refractivity contribution in [1.29, 1.82) is 0 Å². The molecule has 4 nitrogen and oxygen atoms in total. The number of ether oxygens (including phenoxy) is 1. The molecular formula is C14H23N3O. The molecule has 2 N–H and O–H groups in total. The maximum absolute atomic E-state index is 6.58. The van der Waals surface area contributed by atoms with Gasteiger partial charge in [0, 0.05) is 18.7 Å². The van der Waals surface area contributed by atoms with Gasteiger partial charge < -0.3 is 10.5 Å².